The minimum Gasteiger partial charge on any atom is -0.379 e. The lowest BCUT2D eigenvalue weighted by atomic mass is 10.1. The highest BCUT2D eigenvalue weighted by atomic mass is 15.1. The predicted octanol–water partition coefficient (Wildman–Crippen LogP) is 3.39. The fourth-order valence-electron chi connectivity index (χ4n) is 1.98. The first-order valence-corrected chi connectivity index (χ1v) is 6.56. The van der Waals surface area contributed by atoms with Crippen molar-refractivity contribution < 1.29 is 0 Å². The summed E-state index contributed by atoms with van der Waals surface area (Å²) in [5.41, 5.74) is 5.44. The van der Waals surface area contributed by atoms with Crippen molar-refractivity contribution in [1.82, 2.24) is 15.2 Å². The summed E-state index contributed by atoms with van der Waals surface area (Å²) in [6.45, 7) is 2.77. The molecule has 0 saturated carbocycles. The molecular formula is C16H16N4. The smallest absolute Gasteiger partial charge is 0.0650 e. The van der Waals surface area contributed by atoms with Gasteiger partial charge in [0, 0.05) is 18.1 Å². The van der Waals surface area contributed by atoms with Gasteiger partial charge in [0.25, 0.3) is 0 Å². The van der Waals surface area contributed by atoms with Gasteiger partial charge in [-0.05, 0) is 42.3 Å². The number of pyridine rings is 1. The number of H-pyrrole nitrogens is 1. The molecule has 0 unspecified atom stereocenters. The summed E-state index contributed by atoms with van der Waals surface area (Å²) in [5.74, 6) is 0. The van der Waals surface area contributed by atoms with Gasteiger partial charge in [-0.2, -0.15) is 5.10 Å². The van der Waals surface area contributed by atoms with Crippen molar-refractivity contribution in [2.24, 2.45) is 0 Å². The lowest BCUT2D eigenvalue weighted by molar-refractivity contribution is 1.04. The lowest BCUT2D eigenvalue weighted by Crippen LogP contribution is -2.01. The van der Waals surface area contributed by atoms with Crippen LogP contribution < -0.4 is 5.32 Å². The average molecular weight is 264 g/mol. The van der Waals surface area contributed by atoms with E-state index in [4.69, 9.17) is 0 Å². The second kappa shape index (κ2) is 5.57. The number of aromatic amines is 1. The SMILES string of the molecule is Cc1ccc(CNc2ccc(-c3ccn[nH]3)cc2)nc1. The Hall–Kier alpha value is -2.62. The Morgan fingerprint density at radius 2 is 1.90 bits per heavy atom. The molecule has 0 bridgehead atoms. The highest BCUT2D eigenvalue weighted by Crippen LogP contribution is 2.19. The fourth-order valence-corrected chi connectivity index (χ4v) is 1.98. The second-order valence-corrected chi connectivity index (χ2v) is 4.73. The maximum Gasteiger partial charge on any atom is 0.0650 e. The Kier molecular flexibility index (Phi) is 3.46. The maximum absolute atomic E-state index is 4.38. The third-order valence-corrected chi connectivity index (χ3v) is 3.14. The van der Waals surface area contributed by atoms with Gasteiger partial charge in [-0.3, -0.25) is 10.1 Å². The first kappa shape index (κ1) is 12.4. The molecule has 2 aromatic heterocycles. The van der Waals surface area contributed by atoms with Gasteiger partial charge < -0.3 is 5.32 Å². The Morgan fingerprint density at radius 1 is 1.05 bits per heavy atom. The van der Waals surface area contributed by atoms with Crippen molar-refractivity contribution in [2.75, 3.05) is 5.32 Å². The molecule has 2 heterocycles. The molecule has 0 amide bonds. The Morgan fingerprint density at radius 3 is 2.55 bits per heavy atom. The van der Waals surface area contributed by atoms with Crippen LogP contribution in [-0.2, 0) is 6.54 Å². The molecule has 0 aliphatic carbocycles. The van der Waals surface area contributed by atoms with E-state index in [9.17, 15) is 0 Å². The first-order chi connectivity index (χ1) is 9.81. The van der Waals surface area contributed by atoms with Crippen LogP contribution in [0.2, 0.25) is 0 Å². The third kappa shape index (κ3) is 2.85. The maximum atomic E-state index is 4.38. The highest BCUT2D eigenvalue weighted by Gasteiger charge is 1.99. The number of nitrogens with zero attached hydrogens (tertiary/aromatic N) is 2. The Labute approximate surface area is 117 Å². The third-order valence-electron chi connectivity index (χ3n) is 3.14. The molecule has 2 N–H and O–H groups in total. The fraction of sp³-hybridized carbons (Fsp3) is 0.125. The van der Waals surface area contributed by atoms with Crippen LogP contribution >= 0.6 is 0 Å². The van der Waals surface area contributed by atoms with Gasteiger partial charge in [-0.15, -0.1) is 0 Å². The summed E-state index contributed by atoms with van der Waals surface area (Å²) < 4.78 is 0. The van der Waals surface area contributed by atoms with Crippen molar-refractivity contribution in [3.05, 3.63) is 66.1 Å². The van der Waals surface area contributed by atoms with E-state index in [2.05, 4.69) is 50.8 Å². The molecule has 4 nitrogen and oxygen atoms in total. The first-order valence-electron chi connectivity index (χ1n) is 6.56. The van der Waals surface area contributed by atoms with E-state index in [0.29, 0.717) is 0 Å². The minimum atomic E-state index is 0.726. The van der Waals surface area contributed by atoms with E-state index in [0.717, 1.165) is 29.2 Å². The second-order valence-electron chi connectivity index (χ2n) is 4.73. The average Bonchev–Trinajstić information content (AvgIpc) is 3.01. The summed E-state index contributed by atoms with van der Waals surface area (Å²) in [7, 11) is 0. The number of anilines is 1. The molecule has 3 rings (SSSR count). The molecule has 0 atom stereocenters. The van der Waals surface area contributed by atoms with Gasteiger partial charge in [-0.1, -0.05) is 18.2 Å². The van der Waals surface area contributed by atoms with Gasteiger partial charge in [0.1, 0.15) is 0 Å². The van der Waals surface area contributed by atoms with Gasteiger partial charge in [-0.25, -0.2) is 0 Å². The number of benzene rings is 1. The Bertz CT molecular complexity index is 655. The highest BCUT2D eigenvalue weighted by molar-refractivity contribution is 5.62. The Balaban J connectivity index is 1.65. The molecule has 20 heavy (non-hydrogen) atoms. The minimum absolute atomic E-state index is 0.726. The van der Waals surface area contributed by atoms with E-state index in [-0.39, 0.29) is 0 Å². The molecule has 0 saturated heterocycles. The number of hydrogen-bond acceptors (Lipinski definition) is 3. The van der Waals surface area contributed by atoms with E-state index < -0.39 is 0 Å². The summed E-state index contributed by atoms with van der Waals surface area (Å²) in [6, 6.07) is 14.3. The summed E-state index contributed by atoms with van der Waals surface area (Å²) in [4.78, 5) is 4.38. The van der Waals surface area contributed by atoms with Crippen molar-refractivity contribution in [1.29, 1.82) is 0 Å². The summed E-state index contributed by atoms with van der Waals surface area (Å²) >= 11 is 0. The zero-order chi connectivity index (χ0) is 13.8. The molecule has 100 valence electrons. The molecule has 3 aromatic rings. The molecule has 0 spiro atoms. The number of aryl methyl sites for hydroxylation is 1. The van der Waals surface area contributed by atoms with Crippen molar-refractivity contribution >= 4 is 5.69 Å². The van der Waals surface area contributed by atoms with E-state index in [1.54, 1.807) is 6.20 Å². The summed E-state index contributed by atoms with van der Waals surface area (Å²) in [5, 5.41) is 10.3. The van der Waals surface area contributed by atoms with Gasteiger partial charge in [0.15, 0.2) is 0 Å². The quantitative estimate of drug-likeness (QED) is 0.759. The van der Waals surface area contributed by atoms with Crippen LogP contribution in [0.3, 0.4) is 0 Å². The number of rotatable bonds is 4. The van der Waals surface area contributed by atoms with Crippen LogP contribution in [0.15, 0.2) is 54.9 Å². The molecule has 0 aliphatic rings. The van der Waals surface area contributed by atoms with Crippen LogP contribution in [0.25, 0.3) is 11.3 Å². The van der Waals surface area contributed by atoms with Crippen molar-refractivity contribution in [2.45, 2.75) is 13.5 Å². The number of hydrogen-bond donors (Lipinski definition) is 2. The molecule has 1 aromatic carbocycles. The van der Waals surface area contributed by atoms with Crippen LogP contribution in [-0.4, -0.2) is 15.2 Å². The van der Waals surface area contributed by atoms with E-state index >= 15 is 0 Å². The standard InChI is InChI=1S/C16H16N4/c1-12-2-5-15(17-10-12)11-18-14-6-3-13(4-7-14)16-8-9-19-20-16/h2-10,18H,11H2,1H3,(H,19,20). The predicted molar refractivity (Wildman–Crippen MR) is 80.3 cm³/mol. The number of aromatic nitrogens is 3. The van der Waals surface area contributed by atoms with Crippen LogP contribution in [0.1, 0.15) is 11.3 Å². The monoisotopic (exact) mass is 264 g/mol. The van der Waals surface area contributed by atoms with Crippen molar-refractivity contribution in [3.8, 4) is 11.3 Å². The van der Waals surface area contributed by atoms with Crippen LogP contribution in [0.5, 0.6) is 0 Å². The molecule has 0 aliphatic heterocycles. The molecule has 4 heteroatoms. The largest absolute Gasteiger partial charge is 0.379 e. The topological polar surface area (TPSA) is 53.6 Å². The molecular weight excluding hydrogens is 248 g/mol. The van der Waals surface area contributed by atoms with E-state index in [1.165, 1.54) is 5.56 Å². The molecule has 0 fully saturated rings. The number of nitrogens with one attached hydrogen (secondary N) is 2. The van der Waals surface area contributed by atoms with Gasteiger partial charge >= 0.3 is 0 Å². The van der Waals surface area contributed by atoms with Gasteiger partial charge in [0.05, 0.1) is 17.9 Å². The van der Waals surface area contributed by atoms with Gasteiger partial charge in [0.2, 0.25) is 0 Å². The van der Waals surface area contributed by atoms with Crippen LogP contribution in [0, 0.1) is 6.92 Å². The zero-order valence-corrected chi connectivity index (χ0v) is 11.3. The zero-order valence-electron chi connectivity index (χ0n) is 11.3. The van der Waals surface area contributed by atoms with Crippen molar-refractivity contribution in [3.63, 3.8) is 0 Å². The lowest BCUT2D eigenvalue weighted by Gasteiger charge is -2.07. The summed E-state index contributed by atoms with van der Waals surface area (Å²) in [6.07, 6.45) is 3.64. The molecule has 0 radical (unpaired) electrons. The normalized spacial score (nSPS) is 10.4. The van der Waals surface area contributed by atoms with E-state index in [1.807, 2.05) is 25.3 Å². The van der Waals surface area contributed by atoms with Crippen LogP contribution in [0.4, 0.5) is 5.69 Å².